The quantitative estimate of drug-likeness (QED) is 0.599. The van der Waals surface area contributed by atoms with Gasteiger partial charge in [-0.3, -0.25) is 14.9 Å². The van der Waals surface area contributed by atoms with Crippen LogP contribution in [0.3, 0.4) is 0 Å². The molecule has 0 fully saturated rings. The summed E-state index contributed by atoms with van der Waals surface area (Å²) in [6.07, 6.45) is 0.275. The van der Waals surface area contributed by atoms with Gasteiger partial charge < -0.3 is 10.4 Å². The summed E-state index contributed by atoms with van der Waals surface area (Å²) in [6.45, 7) is 3.68. The molecule has 0 saturated heterocycles. The van der Waals surface area contributed by atoms with Gasteiger partial charge in [0.2, 0.25) is 0 Å². The van der Waals surface area contributed by atoms with Gasteiger partial charge in [0, 0.05) is 22.2 Å². The average Bonchev–Trinajstić information content (AvgIpc) is 2.36. The van der Waals surface area contributed by atoms with Crippen LogP contribution in [-0.4, -0.2) is 27.9 Å². The number of nitrogens with one attached hydrogen (secondary N) is 1. The number of carboxylic acid groups (broad SMARTS) is 1. The van der Waals surface area contributed by atoms with Crippen LogP contribution in [-0.2, 0) is 4.79 Å². The second kappa shape index (κ2) is 7.16. The third-order valence-electron chi connectivity index (χ3n) is 2.67. The first-order valence-electron chi connectivity index (χ1n) is 6.19. The van der Waals surface area contributed by atoms with Gasteiger partial charge >= 0.3 is 5.97 Å². The largest absolute Gasteiger partial charge is 0.480 e. The van der Waals surface area contributed by atoms with Crippen molar-refractivity contribution in [3.8, 4) is 0 Å². The van der Waals surface area contributed by atoms with Gasteiger partial charge in [-0.05, 0) is 18.4 Å². The second-order valence-electron chi connectivity index (χ2n) is 4.95. The minimum atomic E-state index is -1.14. The van der Waals surface area contributed by atoms with Crippen molar-refractivity contribution in [2.75, 3.05) is 0 Å². The molecular formula is C13H15BrN2O5. The van der Waals surface area contributed by atoms with E-state index in [-0.39, 0.29) is 23.6 Å². The van der Waals surface area contributed by atoms with Crippen LogP contribution in [0.5, 0.6) is 0 Å². The molecule has 1 amide bonds. The van der Waals surface area contributed by atoms with Crippen molar-refractivity contribution in [2.24, 2.45) is 5.92 Å². The van der Waals surface area contributed by atoms with E-state index in [1.165, 1.54) is 12.1 Å². The van der Waals surface area contributed by atoms with Crippen LogP contribution < -0.4 is 5.32 Å². The lowest BCUT2D eigenvalue weighted by Crippen LogP contribution is -2.41. The predicted molar refractivity (Wildman–Crippen MR) is 79.1 cm³/mol. The number of aliphatic carboxylic acids is 1. The van der Waals surface area contributed by atoms with Crippen LogP contribution in [0.25, 0.3) is 0 Å². The average molecular weight is 359 g/mol. The Hall–Kier alpha value is -1.96. The molecule has 0 spiro atoms. The molecule has 0 heterocycles. The van der Waals surface area contributed by atoms with Crippen molar-refractivity contribution in [1.82, 2.24) is 5.32 Å². The van der Waals surface area contributed by atoms with Crippen LogP contribution in [0, 0.1) is 16.0 Å². The Morgan fingerprint density at radius 3 is 2.48 bits per heavy atom. The minimum Gasteiger partial charge on any atom is -0.480 e. The van der Waals surface area contributed by atoms with Crippen LogP contribution >= 0.6 is 15.9 Å². The lowest BCUT2D eigenvalue weighted by molar-refractivity contribution is -0.385. The van der Waals surface area contributed by atoms with Gasteiger partial charge in [-0.25, -0.2) is 4.79 Å². The molecule has 7 nitrogen and oxygen atoms in total. The molecule has 1 aromatic rings. The molecule has 0 unspecified atom stereocenters. The highest BCUT2D eigenvalue weighted by Gasteiger charge is 2.23. The Morgan fingerprint density at radius 2 is 2.00 bits per heavy atom. The number of hydrogen-bond acceptors (Lipinski definition) is 4. The summed E-state index contributed by atoms with van der Waals surface area (Å²) in [4.78, 5) is 33.3. The number of hydrogen-bond donors (Lipinski definition) is 2. The van der Waals surface area contributed by atoms with Crippen molar-refractivity contribution < 1.29 is 19.6 Å². The van der Waals surface area contributed by atoms with Crippen molar-refractivity contribution in [1.29, 1.82) is 0 Å². The van der Waals surface area contributed by atoms with E-state index >= 15 is 0 Å². The summed E-state index contributed by atoms with van der Waals surface area (Å²) < 4.78 is 0.373. The lowest BCUT2D eigenvalue weighted by Gasteiger charge is -2.16. The Bertz CT molecular complexity index is 574. The van der Waals surface area contributed by atoms with Gasteiger partial charge in [0.25, 0.3) is 11.6 Å². The van der Waals surface area contributed by atoms with E-state index in [1.54, 1.807) is 0 Å². The highest BCUT2D eigenvalue weighted by Crippen LogP contribution is 2.21. The molecule has 114 valence electrons. The molecule has 0 radical (unpaired) electrons. The Balaban J connectivity index is 2.97. The summed E-state index contributed by atoms with van der Waals surface area (Å²) in [5.74, 6) is -1.71. The van der Waals surface area contributed by atoms with E-state index < -0.39 is 22.8 Å². The standard InChI is InChI=1S/C13H15BrN2O5/c1-7(2)3-11(13(18)19)15-12(17)8-4-9(14)6-10(5-8)16(20)21/h4-7,11H,3H2,1-2H3,(H,15,17)(H,18,19)/t11-/m1/s1. The van der Waals surface area contributed by atoms with Gasteiger partial charge in [-0.15, -0.1) is 0 Å². The zero-order valence-electron chi connectivity index (χ0n) is 11.5. The molecular weight excluding hydrogens is 344 g/mol. The molecule has 1 aromatic carbocycles. The first kappa shape index (κ1) is 17.1. The Kier molecular flexibility index (Phi) is 5.83. The Labute approximate surface area is 129 Å². The number of carbonyl (C=O) groups is 2. The number of amides is 1. The van der Waals surface area contributed by atoms with Crippen molar-refractivity contribution >= 4 is 33.5 Å². The monoisotopic (exact) mass is 358 g/mol. The van der Waals surface area contributed by atoms with Gasteiger partial charge in [-0.1, -0.05) is 29.8 Å². The highest BCUT2D eigenvalue weighted by atomic mass is 79.9. The molecule has 0 aliphatic carbocycles. The normalized spacial score (nSPS) is 12.0. The number of nitro groups is 1. The molecule has 1 rings (SSSR count). The topological polar surface area (TPSA) is 110 Å². The van der Waals surface area contributed by atoms with E-state index in [9.17, 15) is 19.7 Å². The van der Waals surface area contributed by atoms with E-state index in [0.717, 1.165) is 6.07 Å². The summed E-state index contributed by atoms with van der Waals surface area (Å²) >= 11 is 3.08. The number of non-ortho nitro benzene ring substituents is 1. The third-order valence-corrected chi connectivity index (χ3v) is 3.12. The van der Waals surface area contributed by atoms with E-state index in [1.807, 2.05) is 13.8 Å². The van der Waals surface area contributed by atoms with Gasteiger partial charge in [0.05, 0.1) is 4.92 Å². The number of nitrogens with zero attached hydrogens (tertiary/aromatic N) is 1. The number of benzene rings is 1. The third kappa shape index (κ3) is 5.14. The first-order valence-corrected chi connectivity index (χ1v) is 6.98. The van der Waals surface area contributed by atoms with Crippen LogP contribution in [0.4, 0.5) is 5.69 Å². The molecule has 0 saturated carbocycles. The van der Waals surface area contributed by atoms with Crippen molar-refractivity contribution in [3.05, 3.63) is 38.3 Å². The van der Waals surface area contributed by atoms with Crippen LogP contribution in [0.1, 0.15) is 30.6 Å². The second-order valence-corrected chi connectivity index (χ2v) is 5.86. The molecule has 0 aliphatic heterocycles. The summed E-state index contributed by atoms with van der Waals surface area (Å²) in [6, 6.07) is 2.74. The van der Waals surface area contributed by atoms with Crippen LogP contribution in [0.15, 0.2) is 22.7 Å². The SMILES string of the molecule is CC(C)C[C@@H](NC(=O)c1cc(Br)cc([N+](=O)[O-])c1)C(=O)O. The van der Waals surface area contributed by atoms with E-state index in [2.05, 4.69) is 21.2 Å². The summed E-state index contributed by atoms with van der Waals surface area (Å²) in [7, 11) is 0. The summed E-state index contributed by atoms with van der Waals surface area (Å²) in [5, 5.41) is 22.2. The number of halogens is 1. The zero-order chi connectivity index (χ0) is 16.2. The maximum Gasteiger partial charge on any atom is 0.326 e. The zero-order valence-corrected chi connectivity index (χ0v) is 13.1. The summed E-state index contributed by atoms with van der Waals surface area (Å²) in [5.41, 5.74) is -0.212. The number of carboxylic acids is 1. The molecule has 0 aliphatic rings. The maximum atomic E-state index is 12.1. The fourth-order valence-electron chi connectivity index (χ4n) is 1.75. The fourth-order valence-corrected chi connectivity index (χ4v) is 2.23. The number of nitro benzene ring substituents is 1. The van der Waals surface area contributed by atoms with Crippen molar-refractivity contribution in [2.45, 2.75) is 26.3 Å². The van der Waals surface area contributed by atoms with E-state index in [4.69, 9.17) is 5.11 Å². The van der Waals surface area contributed by atoms with Gasteiger partial charge in [0.1, 0.15) is 6.04 Å². The number of carbonyl (C=O) groups excluding carboxylic acids is 1. The molecule has 1 atom stereocenters. The first-order chi connectivity index (χ1) is 9.70. The van der Waals surface area contributed by atoms with Crippen molar-refractivity contribution in [3.63, 3.8) is 0 Å². The molecule has 8 heteroatoms. The predicted octanol–water partition coefficient (Wildman–Crippen LogP) is 2.59. The molecule has 2 N–H and O–H groups in total. The smallest absolute Gasteiger partial charge is 0.326 e. The lowest BCUT2D eigenvalue weighted by atomic mass is 10.0. The van der Waals surface area contributed by atoms with Gasteiger partial charge in [-0.2, -0.15) is 0 Å². The van der Waals surface area contributed by atoms with E-state index in [0.29, 0.717) is 4.47 Å². The maximum absolute atomic E-state index is 12.1. The van der Waals surface area contributed by atoms with Gasteiger partial charge in [0.15, 0.2) is 0 Å². The molecule has 0 aromatic heterocycles. The number of rotatable bonds is 6. The molecule has 0 bridgehead atoms. The highest BCUT2D eigenvalue weighted by molar-refractivity contribution is 9.10. The molecule has 21 heavy (non-hydrogen) atoms. The van der Waals surface area contributed by atoms with Crippen LogP contribution in [0.2, 0.25) is 0 Å². The fraction of sp³-hybridized carbons (Fsp3) is 0.385. The Morgan fingerprint density at radius 1 is 1.38 bits per heavy atom. The minimum absolute atomic E-state index is 0.0334.